The van der Waals surface area contributed by atoms with Gasteiger partial charge in [-0.05, 0) is 38.9 Å². The van der Waals surface area contributed by atoms with Crippen LogP contribution in [0.2, 0.25) is 5.02 Å². The molecule has 2 amide bonds. The number of benzene rings is 1. The average molecular weight is 352 g/mol. The fourth-order valence-corrected chi connectivity index (χ4v) is 3.04. The van der Waals surface area contributed by atoms with Crippen molar-refractivity contribution >= 4 is 29.1 Å². The third-order valence-corrected chi connectivity index (χ3v) is 4.81. The standard InChI is InChI=1S/C18H26ClN3O2/c1-14(18(24)22-11-7-3-4-8-12-22)21(2)13-17(23)20-16-10-6-5-9-15(16)19/h5-6,9-10,14H,3-4,7-8,11-13H2,1-2H3,(H,20,23). The van der Waals surface area contributed by atoms with Gasteiger partial charge < -0.3 is 10.2 Å². The van der Waals surface area contributed by atoms with Gasteiger partial charge in [0.2, 0.25) is 11.8 Å². The van der Waals surface area contributed by atoms with E-state index < -0.39 is 0 Å². The molecule has 5 nitrogen and oxygen atoms in total. The molecule has 0 bridgehead atoms. The van der Waals surface area contributed by atoms with Crippen molar-refractivity contribution in [3.05, 3.63) is 29.3 Å². The normalized spacial score (nSPS) is 16.6. The number of likely N-dealkylation sites (N-methyl/N-ethyl adjacent to an activating group) is 1. The van der Waals surface area contributed by atoms with E-state index in [9.17, 15) is 9.59 Å². The zero-order valence-electron chi connectivity index (χ0n) is 14.4. The Balaban J connectivity index is 1.88. The van der Waals surface area contributed by atoms with Crippen LogP contribution < -0.4 is 5.32 Å². The molecule has 1 atom stereocenters. The number of para-hydroxylation sites is 1. The molecule has 0 aliphatic carbocycles. The number of amides is 2. The number of halogens is 1. The molecule has 132 valence electrons. The highest BCUT2D eigenvalue weighted by Crippen LogP contribution is 2.20. The van der Waals surface area contributed by atoms with E-state index in [0.717, 1.165) is 25.9 Å². The van der Waals surface area contributed by atoms with Crippen LogP contribution in [0.15, 0.2) is 24.3 Å². The molecule has 0 spiro atoms. The van der Waals surface area contributed by atoms with Crippen LogP contribution in [0.1, 0.15) is 32.6 Å². The maximum atomic E-state index is 12.6. The molecule has 1 aromatic carbocycles. The highest BCUT2D eigenvalue weighted by Gasteiger charge is 2.25. The first-order valence-electron chi connectivity index (χ1n) is 8.52. The minimum Gasteiger partial charge on any atom is -0.341 e. The second-order valence-electron chi connectivity index (χ2n) is 6.36. The Morgan fingerprint density at radius 2 is 1.83 bits per heavy atom. The summed E-state index contributed by atoms with van der Waals surface area (Å²) in [5.74, 6) is -0.0777. The topological polar surface area (TPSA) is 52.7 Å². The third kappa shape index (κ3) is 5.21. The maximum absolute atomic E-state index is 12.6. The van der Waals surface area contributed by atoms with Gasteiger partial charge in [0.15, 0.2) is 0 Å². The Morgan fingerprint density at radius 3 is 2.46 bits per heavy atom. The lowest BCUT2D eigenvalue weighted by Crippen LogP contribution is -2.48. The predicted octanol–water partition coefficient (Wildman–Crippen LogP) is 3.00. The largest absolute Gasteiger partial charge is 0.341 e. The number of anilines is 1. The minimum atomic E-state index is -0.319. The molecule has 1 N–H and O–H groups in total. The van der Waals surface area contributed by atoms with Gasteiger partial charge in [0.1, 0.15) is 0 Å². The van der Waals surface area contributed by atoms with Gasteiger partial charge in [-0.2, -0.15) is 0 Å². The van der Waals surface area contributed by atoms with Crippen LogP contribution in [0.4, 0.5) is 5.69 Å². The van der Waals surface area contributed by atoms with Crippen LogP contribution in [0, 0.1) is 0 Å². The Hall–Kier alpha value is -1.59. The molecule has 1 heterocycles. The molecule has 1 aromatic rings. The van der Waals surface area contributed by atoms with E-state index in [1.165, 1.54) is 12.8 Å². The summed E-state index contributed by atoms with van der Waals surface area (Å²) in [7, 11) is 1.80. The number of nitrogens with one attached hydrogen (secondary N) is 1. The molecule has 1 aliphatic heterocycles. The molecule has 0 aromatic heterocycles. The number of likely N-dealkylation sites (tertiary alicyclic amines) is 1. The van der Waals surface area contributed by atoms with Gasteiger partial charge in [0.05, 0.1) is 23.3 Å². The van der Waals surface area contributed by atoms with Gasteiger partial charge in [-0.1, -0.05) is 36.6 Å². The fraction of sp³-hybridized carbons (Fsp3) is 0.556. The van der Waals surface area contributed by atoms with Crippen molar-refractivity contribution in [2.75, 3.05) is 32.0 Å². The second-order valence-corrected chi connectivity index (χ2v) is 6.77. The Kier molecular flexibility index (Phi) is 7.06. The van der Waals surface area contributed by atoms with E-state index >= 15 is 0 Å². The summed E-state index contributed by atoms with van der Waals surface area (Å²) in [5, 5.41) is 3.29. The molecule has 0 saturated carbocycles. The number of rotatable bonds is 5. The molecule has 1 fully saturated rings. The van der Waals surface area contributed by atoms with Crippen LogP contribution in [-0.4, -0.2) is 54.3 Å². The minimum absolute atomic E-state index is 0.102. The molecule has 1 aliphatic rings. The second kappa shape index (κ2) is 9.04. The average Bonchev–Trinajstić information content (AvgIpc) is 2.84. The van der Waals surface area contributed by atoms with Gasteiger partial charge in [-0.25, -0.2) is 0 Å². The number of carbonyl (C=O) groups excluding carboxylic acids is 2. The van der Waals surface area contributed by atoms with Crippen LogP contribution in [0.3, 0.4) is 0 Å². The van der Waals surface area contributed by atoms with Crippen molar-refractivity contribution in [1.82, 2.24) is 9.80 Å². The Bertz CT molecular complexity index is 571. The fourth-order valence-electron chi connectivity index (χ4n) is 2.86. The zero-order valence-corrected chi connectivity index (χ0v) is 15.2. The smallest absolute Gasteiger partial charge is 0.239 e. The van der Waals surface area contributed by atoms with Crippen LogP contribution in [0.25, 0.3) is 0 Å². The van der Waals surface area contributed by atoms with Gasteiger partial charge in [-0.3, -0.25) is 14.5 Å². The Morgan fingerprint density at radius 1 is 1.21 bits per heavy atom. The first-order chi connectivity index (χ1) is 11.5. The third-order valence-electron chi connectivity index (χ3n) is 4.48. The molecular formula is C18H26ClN3O2. The quantitative estimate of drug-likeness (QED) is 0.887. The van der Waals surface area contributed by atoms with Crippen LogP contribution >= 0.6 is 11.6 Å². The van der Waals surface area contributed by atoms with Crippen molar-refractivity contribution in [3.8, 4) is 0 Å². The summed E-state index contributed by atoms with van der Waals surface area (Å²) in [4.78, 5) is 28.5. The lowest BCUT2D eigenvalue weighted by atomic mass is 10.2. The van der Waals surface area contributed by atoms with Crippen molar-refractivity contribution in [1.29, 1.82) is 0 Å². The van der Waals surface area contributed by atoms with E-state index in [4.69, 9.17) is 11.6 Å². The first-order valence-corrected chi connectivity index (χ1v) is 8.90. The number of hydrogen-bond acceptors (Lipinski definition) is 3. The lowest BCUT2D eigenvalue weighted by Gasteiger charge is -2.29. The van der Waals surface area contributed by atoms with Gasteiger partial charge in [0, 0.05) is 13.1 Å². The summed E-state index contributed by atoms with van der Waals surface area (Å²) in [6, 6.07) is 6.79. The summed E-state index contributed by atoms with van der Waals surface area (Å²) < 4.78 is 0. The number of hydrogen-bond donors (Lipinski definition) is 1. The van der Waals surface area contributed by atoms with Gasteiger partial charge in [0.25, 0.3) is 0 Å². The summed E-state index contributed by atoms with van der Waals surface area (Å²) in [5.41, 5.74) is 0.587. The molecule has 24 heavy (non-hydrogen) atoms. The Labute approximate surface area is 149 Å². The number of nitrogens with zero attached hydrogens (tertiary/aromatic N) is 2. The molecule has 2 rings (SSSR count). The monoisotopic (exact) mass is 351 g/mol. The maximum Gasteiger partial charge on any atom is 0.239 e. The predicted molar refractivity (Wildman–Crippen MR) is 97.2 cm³/mol. The first kappa shape index (κ1) is 18.7. The summed E-state index contributed by atoms with van der Waals surface area (Å²) in [6.45, 7) is 3.65. The molecule has 6 heteroatoms. The zero-order chi connectivity index (χ0) is 17.5. The summed E-state index contributed by atoms with van der Waals surface area (Å²) >= 11 is 6.05. The molecule has 1 unspecified atom stereocenters. The highest BCUT2D eigenvalue weighted by atomic mass is 35.5. The molecule has 0 radical (unpaired) electrons. The van der Waals surface area contributed by atoms with Gasteiger partial charge >= 0.3 is 0 Å². The highest BCUT2D eigenvalue weighted by molar-refractivity contribution is 6.33. The number of carbonyl (C=O) groups is 2. The van der Waals surface area contributed by atoms with Gasteiger partial charge in [-0.15, -0.1) is 0 Å². The molecular weight excluding hydrogens is 326 g/mol. The van der Waals surface area contributed by atoms with E-state index in [1.54, 1.807) is 24.1 Å². The SMILES string of the molecule is CC(C(=O)N1CCCCCC1)N(C)CC(=O)Nc1ccccc1Cl. The van der Waals surface area contributed by atoms with Crippen LogP contribution in [0.5, 0.6) is 0 Å². The van der Waals surface area contributed by atoms with E-state index in [0.29, 0.717) is 10.7 Å². The van der Waals surface area contributed by atoms with E-state index in [1.807, 2.05) is 24.0 Å². The van der Waals surface area contributed by atoms with Crippen LogP contribution in [-0.2, 0) is 9.59 Å². The van der Waals surface area contributed by atoms with E-state index in [-0.39, 0.29) is 24.4 Å². The van der Waals surface area contributed by atoms with Crippen molar-refractivity contribution < 1.29 is 9.59 Å². The lowest BCUT2D eigenvalue weighted by molar-refractivity contribution is -0.136. The molecule has 1 saturated heterocycles. The van der Waals surface area contributed by atoms with Crippen molar-refractivity contribution in [2.24, 2.45) is 0 Å². The summed E-state index contributed by atoms with van der Waals surface area (Å²) in [6.07, 6.45) is 4.51. The van der Waals surface area contributed by atoms with Crippen molar-refractivity contribution in [2.45, 2.75) is 38.6 Å². The van der Waals surface area contributed by atoms with E-state index in [2.05, 4.69) is 5.32 Å². The van der Waals surface area contributed by atoms with Crippen molar-refractivity contribution in [3.63, 3.8) is 0 Å².